The van der Waals surface area contributed by atoms with Gasteiger partial charge in [-0.3, -0.25) is 4.79 Å². The average molecular weight is 421 g/mol. The number of hydrogen-bond acceptors (Lipinski definition) is 4. The van der Waals surface area contributed by atoms with Crippen molar-refractivity contribution in [2.75, 3.05) is 13.1 Å². The van der Waals surface area contributed by atoms with Crippen molar-refractivity contribution < 1.29 is 26.9 Å². The van der Waals surface area contributed by atoms with E-state index in [0.717, 1.165) is 6.07 Å². The van der Waals surface area contributed by atoms with Gasteiger partial charge in [0.1, 0.15) is 5.82 Å². The highest BCUT2D eigenvalue weighted by Crippen LogP contribution is 2.40. The molecule has 0 bridgehead atoms. The molecule has 0 saturated carbocycles. The number of rotatable bonds is 3. The molecule has 1 aliphatic heterocycles. The largest absolute Gasteiger partial charge is 0.417 e. The van der Waals surface area contributed by atoms with Gasteiger partial charge in [0.15, 0.2) is 0 Å². The molecule has 1 unspecified atom stereocenters. The summed E-state index contributed by atoms with van der Waals surface area (Å²) >= 11 is 0. The predicted molar refractivity (Wildman–Crippen MR) is 100 cm³/mol. The van der Waals surface area contributed by atoms with E-state index in [1.807, 2.05) is 0 Å². The number of aromatic nitrogens is 2. The second-order valence-corrected chi connectivity index (χ2v) is 7.50. The maximum absolute atomic E-state index is 13.9. The second-order valence-electron chi connectivity index (χ2n) is 7.50. The number of fused-ring (bicyclic) bond motifs is 1. The summed E-state index contributed by atoms with van der Waals surface area (Å²) in [6.07, 6.45) is -3.52. The molecule has 1 saturated heterocycles. The van der Waals surface area contributed by atoms with Gasteiger partial charge in [-0.1, -0.05) is 23.4 Å². The maximum atomic E-state index is 13.9. The number of likely N-dealkylation sites (tertiary alicyclic amines) is 1. The van der Waals surface area contributed by atoms with Crippen LogP contribution in [0.5, 0.6) is 0 Å². The first-order chi connectivity index (χ1) is 14.2. The van der Waals surface area contributed by atoms with Crippen molar-refractivity contribution in [1.29, 1.82) is 0 Å². The van der Waals surface area contributed by atoms with Crippen molar-refractivity contribution in [3.8, 4) is 0 Å². The maximum Gasteiger partial charge on any atom is 0.417 e. The first-order valence-corrected chi connectivity index (χ1v) is 9.59. The smallest absolute Gasteiger partial charge is 0.342 e. The molecule has 0 N–H and O–H groups in total. The molecule has 158 valence electrons. The van der Waals surface area contributed by atoms with Crippen LogP contribution >= 0.6 is 0 Å². The Balaban J connectivity index is 1.62. The number of carbonyl (C=O) groups excluding carboxylic acids is 1. The third-order valence-corrected chi connectivity index (χ3v) is 5.37. The highest BCUT2D eigenvalue weighted by Gasteiger charge is 2.38. The standard InChI is InChI=1S/C21H19F4N3O2/c1-12-9-15(21(23,24)25)18-19(27-30-20(18)26-12)14-6-4-8-28(11-14)17(29)10-13-5-2-3-7-16(13)22/h2-3,5,7,9,14H,4,6,8,10-11H2,1H3. The second kappa shape index (κ2) is 7.70. The van der Waals surface area contributed by atoms with Crippen LogP contribution in [0.2, 0.25) is 0 Å². The summed E-state index contributed by atoms with van der Waals surface area (Å²) in [6, 6.07) is 7.01. The van der Waals surface area contributed by atoms with E-state index in [1.165, 1.54) is 13.0 Å². The minimum absolute atomic E-state index is 0.104. The molecule has 3 heterocycles. The van der Waals surface area contributed by atoms with Gasteiger partial charge in [0.25, 0.3) is 5.71 Å². The molecule has 1 aliphatic rings. The van der Waals surface area contributed by atoms with Crippen molar-refractivity contribution in [2.45, 2.75) is 38.3 Å². The zero-order valence-corrected chi connectivity index (χ0v) is 16.2. The van der Waals surface area contributed by atoms with Gasteiger partial charge in [-0.25, -0.2) is 9.37 Å². The normalized spacial score (nSPS) is 17.5. The molecule has 0 spiro atoms. The molecule has 9 heteroatoms. The number of aryl methyl sites for hydroxylation is 1. The number of hydrogen-bond donors (Lipinski definition) is 0. The molecule has 3 aromatic rings. The van der Waals surface area contributed by atoms with E-state index in [2.05, 4.69) is 10.1 Å². The van der Waals surface area contributed by atoms with Crippen LogP contribution in [0, 0.1) is 12.7 Å². The van der Waals surface area contributed by atoms with Crippen LogP contribution in [0.15, 0.2) is 34.9 Å². The monoisotopic (exact) mass is 421 g/mol. The van der Waals surface area contributed by atoms with Crippen LogP contribution in [0.25, 0.3) is 11.1 Å². The Labute approximate surface area is 169 Å². The van der Waals surface area contributed by atoms with Gasteiger partial charge >= 0.3 is 6.18 Å². The Morgan fingerprint density at radius 3 is 2.80 bits per heavy atom. The van der Waals surface area contributed by atoms with Gasteiger partial charge < -0.3 is 9.42 Å². The fourth-order valence-corrected chi connectivity index (χ4v) is 3.94. The van der Waals surface area contributed by atoms with Crippen LogP contribution in [0.3, 0.4) is 0 Å². The number of benzene rings is 1. The Morgan fingerprint density at radius 1 is 1.30 bits per heavy atom. The Kier molecular flexibility index (Phi) is 5.21. The molecule has 2 aromatic heterocycles. The van der Waals surface area contributed by atoms with Crippen molar-refractivity contribution in [3.63, 3.8) is 0 Å². The predicted octanol–water partition coefficient (Wildman–Crippen LogP) is 4.64. The number of carbonyl (C=O) groups is 1. The third-order valence-electron chi connectivity index (χ3n) is 5.37. The highest BCUT2D eigenvalue weighted by atomic mass is 19.4. The van der Waals surface area contributed by atoms with Crippen LogP contribution in [0.1, 0.15) is 41.3 Å². The van der Waals surface area contributed by atoms with E-state index in [9.17, 15) is 22.4 Å². The van der Waals surface area contributed by atoms with E-state index >= 15 is 0 Å². The fraction of sp³-hybridized carbons (Fsp3) is 0.381. The SMILES string of the molecule is Cc1cc(C(F)(F)F)c2c(C3CCCN(C(=O)Cc4ccccc4F)C3)noc2n1. The first-order valence-electron chi connectivity index (χ1n) is 9.59. The Morgan fingerprint density at radius 2 is 2.07 bits per heavy atom. The summed E-state index contributed by atoms with van der Waals surface area (Å²) in [4.78, 5) is 18.3. The van der Waals surface area contributed by atoms with Gasteiger partial charge in [0, 0.05) is 24.7 Å². The molecule has 4 rings (SSSR count). The lowest BCUT2D eigenvalue weighted by atomic mass is 9.91. The number of nitrogens with zero attached hydrogens (tertiary/aromatic N) is 3. The van der Waals surface area contributed by atoms with E-state index in [-0.39, 0.29) is 46.9 Å². The van der Waals surface area contributed by atoms with E-state index < -0.39 is 23.5 Å². The summed E-state index contributed by atoms with van der Waals surface area (Å²) in [7, 11) is 0. The van der Waals surface area contributed by atoms with Crippen LogP contribution in [-0.4, -0.2) is 34.0 Å². The molecule has 0 radical (unpaired) electrons. The van der Waals surface area contributed by atoms with Crippen LogP contribution in [-0.2, 0) is 17.4 Å². The number of amides is 1. The topological polar surface area (TPSA) is 59.2 Å². The van der Waals surface area contributed by atoms with Gasteiger partial charge in [-0.15, -0.1) is 0 Å². The highest BCUT2D eigenvalue weighted by molar-refractivity contribution is 5.82. The first kappa shape index (κ1) is 20.3. The van der Waals surface area contributed by atoms with Crippen molar-refractivity contribution >= 4 is 17.0 Å². The minimum atomic E-state index is -4.58. The lowest BCUT2D eigenvalue weighted by Gasteiger charge is -2.32. The molecular formula is C21H19F4N3O2. The third kappa shape index (κ3) is 3.88. The molecule has 5 nitrogen and oxygen atoms in total. The number of piperidine rings is 1. The summed E-state index contributed by atoms with van der Waals surface area (Å²) in [5.74, 6) is -1.16. The minimum Gasteiger partial charge on any atom is -0.342 e. The molecule has 1 amide bonds. The number of pyridine rings is 1. The van der Waals surface area contributed by atoms with Crippen LogP contribution < -0.4 is 0 Å². The lowest BCUT2D eigenvalue weighted by molar-refractivity contribution is -0.136. The van der Waals surface area contributed by atoms with Crippen molar-refractivity contribution in [3.05, 3.63) is 58.7 Å². The molecule has 1 atom stereocenters. The zero-order chi connectivity index (χ0) is 21.5. The summed E-state index contributed by atoms with van der Waals surface area (Å²) < 4.78 is 59.8. The van der Waals surface area contributed by atoms with Crippen LogP contribution in [0.4, 0.5) is 17.6 Å². The van der Waals surface area contributed by atoms with Crippen molar-refractivity contribution in [1.82, 2.24) is 15.0 Å². The zero-order valence-electron chi connectivity index (χ0n) is 16.2. The van der Waals surface area contributed by atoms with E-state index in [4.69, 9.17) is 4.52 Å². The van der Waals surface area contributed by atoms with Gasteiger partial charge in [0.2, 0.25) is 5.91 Å². The van der Waals surface area contributed by atoms with E-state index in [0.29, 0.717) is 19.4 Å². The van der Waals surface area contributed by atoms with Crippen molar-refractivity contribution in [2.24, 2.45) is 0 Å². The Hall–Kier alpha value is -2.97. The number of alkyl halides is 3. The average Bonchev–Trinajstić information content (AvgIpc) is 3.12. The van der Waals surface area contributed by atoms with Gasteiger partial charge in [-0.05, 0) is 37.5 Å². The number of halogens is 4. The molecule has 30 heavy (non-hydrogen) atoms. The quantitative estimate of drug-likeness (QED) is 0.579. The summed E-state index contributed by atoms with van der Waals surface area (Å²) in [5.41, 5.74) is -0.366. The molecule has 1 fully saturated rings. The van der Waals surface area contributed by atoms with Gasteiger partial charge in [0.05, 0.1) is 23.1 Å². The fourth-order valence-electron chi connectivity index (χ4n) is 3.94. The van der Waals surface area contributed by atoms with E-state index in [1.54, 1.807) is 23.1 Å². The Bertz CT molecular complexity index is 1090. The lowest BCUT2D eigenvalue weighted by Crippen LogP contribution is -2.40. The molecular weight excluding hydrogens is 402 g/mol. The summed E-state index contributed by atoms with van der Waals surface area (Å²) in [5, 5.41) is 3.74. The molecule has 1 aromatic carbocycles. The van der Waals surface area contributed by atoms with Gasteiger partial charge in [-0.2, -0.15) is 13.2 Å². The molecule has 0 aliphatic carbocycles. The summed E-state index contributed by atoms with van der Waals surface area (Å²) in [6.45, 7) is 2.11.